The minimum atomic E-state index is -0.530. The molecule has 0 spiro atoms. The van der Waals surface area contributed by atoms with Crippen molar-refractivity contribution in [3.8, 4) is 0 Å². The van der Waals surface area contributed by atoms with Crippen LogP contribution in [0.3, 0.4) is 0 Å². The van der Waals surface area contributed by atoms with Crippen molar-refractivity contribution in [2.75, 3.05) is 24.5 Å². The summed E-state index contributed by atoms with van der Waals surface area (Å²) in [6.07, 6.45) is 2.70. The van der Waals surface area contributed by atoms with Gasteiger partial charge in [0.1, 0.15) is 11.8 Å². The molecule has 0 aliphatic carbocycles. The van der Waals surface area contributed by atoms with Gasteiger partial charge in [0.25, 0.3) is 0 Å². The Bertz CT molecular complexity index is 607. The first-order valence-electron chi connectivity index (χ1n) is 8.05. The number of nitrogens with one attached hydrogen (secondary N) is 1. The molecular weight excluding hydrogens is 314 g/mol. The SMILES string of the molecule is Cn1ncc([N+](=O)[O-])c1N1CCC[C@@H](CNC(=O)OC(C)(C)C)C1. The van der Waals surface area contributed by atoms with Crippen LogP contribution in [0.1, 0.15) is 33.6 Å². The number of aryl methyl sites for hydroxylation is 1. The van der Waals surface area contributed by atoms with Crippen LogP contribution in [0.4, 0.5) is 16.3 Å². The molecule has 1 atom stereocenters. The van der Waals surface area contributed by atoms with E-state index in [1.165, 1.54) is 10.9 Å². The molecule has 1 aromatic heterocycles. The van der Waals surface area contributed by atoms with Crippen LogP contribution in [-0.2, 0) is 11.8 Å². The fourth-order valence-corrected chi connectivity index (χ4v) is 2.88. The molecule has 2 heterocycles. The van der Waals surface area contributed by atoms with Gasteiger partial charge >= 0.3 is 11.8 Å². The number of rotatable bonds is 4. The molecule has 2 rings (SSSR count). The zero-order valence-corrected chi connectivity index (χ0v) is 14.6. The van der Waals surface area contributed by atoms with Gasteiger partial charge in [-0.25, -0.2) is 9.48 Å². The summed E-state index contributed by atoms with van der Waals surface area (Å²) < 4.78 is 6.76. The molecule has 1 N–H and O–H groups in total. The van der Waals surface area contributed by atoms with E-state index in [9.17, 15) is 14.9 Å². The quantitative estimate of drug-likeness (QED) is 0.665. The van der Waals surface area contributed by atoms with E-state index in [4.69, 9.17) is 4.74 Å². The van der Waals surface area contributed by atoms with Crippen molar-refractivity contribution >= 4 is 17.6 Å². The number of nitrogens with zero attached hydrogens (tertiary/aromatic N) is 4. The highest BCUT2D eigenvalue weighted by Gasteiger charge is 2.29. The van der Waals surface area contributed by atoms with Crippen molar-refractivity contribution in [3.63, 3.8) is 0 Å². The van der Waals surface area contributed by atoms with E-state index in [1.54, 1.807) is 7.05 Å². The molecule has 1 saturated heterocycles. The van der Waals surface area contributed by atoms with Crippen LogP contribution in [0.25, 0.3) is 0 Å². The van der Waals surface area contributed by atoms with Crippen molar-refractivity contribution in [1.82, 2.24) is 15.1 Å². The lowest BCUT2D eigenvalue weighted by atomic mass is 9.98. The fourth-order valence-electron chi connectivity index (χ4n) is 2.88. The predicted octanol–water partition coefficient (Wildman–Crippen LogP) is 2.07. The second kappa shape index (κ2) is 7.06. The van der Waals surface area contributed by atoms with Gasteiger partial charge in [0, 0.05) is 26.7 Å². The molecule has 9 nitrogen and oxygen atoms in total. The van der Waals surface area contributed by atoms with E-state index in [2.05, 4.69) is 10.4 Å². The van der Waals surface area contributed by atoms with Gasteiger partial charge in [0.2, 0.25) is 5.82 Å². The fraction of sp³-hybridized carbons (Fsp3) is 0.733. The zero-order chi connectivity index (χ0) is 17.9. The summed E-state index contributed by atoms with van der Waals surface area (Å²) in [7, 11) is 1.70. The van der Waals surface area contributed by atoms with Crippen LogP contribution in [0, 0.1) is 16.0 Å². The monoisotopic (exact) mass is 339 g/mol. The summed E-state index contributed by atoms with van der Waals surface area (Å²) in [5, 5.41) is 17.9. The van der Waals surface area contributed by atoms with Gasteiger partial charge in [0.05, 0.1) is 4.92 Å². The number of nitro groups is 1. The highest BCUT2D eigenvalue weighted by atomic mass is 16.6. The zero-order valence-electron chi connectivity index (χ0n) is 14.6. The first kappa shape index (κ1) is 18.0. The largest absolute Gasteiger partial charge is 0.444 e. The second-order valence-electron chi connectivity index (χ2n) is 7.07. The van der Waals surface area contributed by atoms with Gasteiger partial charge in [-0.15, -0.1) is 0 Å². The Balaban J connectivity index is 1.96. The number of hydrogen-bond donors (Lipinski definition) is 1. The molecule has 9 heteroatoms. The third kappa shape index (κ3) is 4.59. The van der Waals surface area contributed by atoms with Gasteiger partial charge in [-0.1, -0.05) is 0 Å². The molecule has 1 aliphatic rings. The predicted molar refractivity (Wildman–Crippen MR) is 89.0 cm³/mol. The van der Waals surface area contributed by atoms with Crippen molar-refractivity contribution in [2.45, 2.75) is 39.2 Å². The van der Waals surface area contributed by atoms with E-state index < -0.39 is 16.6 Å². The van der Waals surface area contributed by atoms with Crippen LogP contribution in [-0.4, -0.2) is 46.0 Å². The lowest BCUT2D eigenvalue weighted by Gasteiger charge is -2.33. The van der Waals surface area contributed by atoms with Gasteiger partial charge in [-0.2, -0.15) is 5.10 Å². The van der Waals surface area contributed by atoms with Crippen LogP contribution < -0.4 is 10.2 Å². The molecule has 0 aromatic carbocycles. The second-order valence-corrected chi connectivity index (χ2v) is 7.07. The summed E-state index contributed by atoms with van der Waals surface area (Å²) in [6, 6.07) is 0. The summed E-state index contributed by atoms with van der Waals surface area (Å²) >= 11 is 0. The van der Waals surface area contributed by atoms with Crippen molar-refractivity contribution in [3.05, 3.63) is 16.3 Å². The van der Waals surface area contributed by atoms with E-state index in [0.717, 1.165) is 19.4 Å². The molecule has 134 valence electrons. The molecular formula is C15H25N5O4. The van der Waals surface area contributed by atoms with E-state index in [0.29, 0.717) is 18.9 Å². The van der Waals surface area contributed by atoms with Gasteiger partial charge in [-0.05, 0) is 39.5 Å². The number of aromatic nitrogens is 2. The Morgan fingerprint density at radius 1 is 1.54 bits per heavy atom. The topological polar surface area (TPSA) is 103 Å². The number of anilines is 1. The number of carbonyl (C=O) groups excluding carboxylic acids is 1. The minimum Gasteiger partial charge on any atom is -0.444 e. The van der Waals surface area contributed by atoms with Crippen molar-refractivity contribution in [1.29, 1.82) is 0 Å². The van der Waals surface area contributed by atoms with Crippen LogP contribution >= 0.6 is 0 Å². The Morgan fingerprint density at radius 3 is 2.88 bits per heavy atom. The Labute approximate surface area is 141 Å². The number of ether oxygens (including phenoxy) is 1. The van der Waals surface area contributed by atoms with Crippen LogP contribution in [0.15, 0.2) is 6.20 Å². The first-order chi connectivity index (χ1) is 11.2. The maximum atomic E-state index is 11.8. The molecule has 0 unspecified atom stereocenters. The van der Waals surface area contributed by atoms with Crippen molar-refractivity contribution < 1.29 is 14.5 Å². The number of amides is 1. The molecule has 24 heavy (non-hydrogen) atoms. The Kier molecular flexibility index (Phi) is 5.30. The maximum Gasteiger partial charge on any atom is 0.407 e. The average Bonchev–Trinajstić information content (AvgIpc) is 2.86. The van der Waals surface area contributed by atoms with Crippen LogP contribution in [0.5, 0.6) is 0 Å². The standard InChI is InChI=1S/C15H25N5O4/c1-15(2,3)24-14(21)16-8-11-6-5-7-19(10-11)13-12(20(22)23)9-17-18(13)4/h9,11H,5-8,10H2,1-4H3,(H,16,21)/t11-/m0/s1. The smallest absolute Gasteiger partial charge is 0.407 e. The molecule has 0 bridgehead atoms. The Hall–Kier alpha value is -2.32. The molecule has 1 aromatic rings. The average molecular weight is 339 g/mol. The summed E-state index contributed by atoms with van der Waals surface area (Å²) in [5.74, 6) is 0.725. The number of alkyl carbamates (subject to hydrolysis) is 1. The first-order valence-corrected chi connectivity index (χ1v) is 8.05. The number of piperidine rings is 1. The van der Waals surface area contributed by atoms with E-state index >= 15 is 0 Å². The third-order valence-electron chi connectivity index (χ3n) is 3.84. The lowest BCUT2D eigenvalue weighted by molar-refractivity contribution is -0.384. The molecule has 0 saturated carbocycles. The highest BCUT2D eigenvalue weighted by Crippen LogP contribution is 2.30. The Morgan fingerprint density at radius 2 is 2.25 bits per heavy atom. The van der Waals surface area contributed by atoms with Gasteiger partial charge in [0.15, 0.2) is 0 Å². The normalized spacial score (nSPS) is 18.3. The van der Waals surface area contributed by atoms with Gasteiger partial charge < -0.3 is 15.0 Å². The molecule has 1 amide bonds. The lowest BCUT2D eigenvalue weighted by Crippen LogP contribution is -2.43. The highest BCUT2D eigenvalue weighted by molar-refractivity contribution is 5.67. The third-order valence-corrected chi connectivity index (χ3v) is 3.84. The van der Waals surface area contributed by atoms with Crippen molar-refractivity contribution in [2.24, 2.45) is 13.0 Å². The number of carbonyl (C=O) groups is 1. The van der Waals surface area contributed by atoms with E-state index in [-0.39, 0.29) is 11.6 Å². The maximum absolute atomic E-state index is 11.8. The van der Waals surface area contributed by atoms with Crippen LogP contribution in [0.2, 0.25) is 0 Å². The van der Waals surface area contributed by atoms with Gasteiger partial charge in [-0.3, -0.25) is 10.1 Å². The van der Waals surface area contributed by atoms with E-state index in [1.807, 2.05) is 25.7 Å². The molecule has 1 fully saturated rings. The molecule has 1 aliphatic heterocycles. The number of hydrogen-bond acceptors (Lipinski definition) is 6. The minimum absolute atomic E-state index is 0.0123. The summed E-state index contributed by atoms with van der Waals surface area (Å²) in [6.45, 7) is 7.31. The summed E-state index contributed by atoms with van der Waals surface area (Å²) in [4.78, 5) is 24.5. The summed E-state index contributed by atoms with van der Waals surface area (Å²) in [5.41, 5.74) is -0.517. The molecule has 0 radical (unpaired) electrons.